The summed E-state index contributed by atoms with van der Waals surface area (Å²) in [5.74, 6) is 0.405. The van der Waals surface area contributed by atoms with Crippen LogP contribution in [0.5, 0.6) is 0 Å². The largest absolute Gasteiger partial charge is 0.373 e. The van der Waals surface area contributed by atoms with E-state index in [1.807, 2.05) is 13.8 Å². The Morgan fingerprint density at radius 1 is 1.00 bits per heavy atom. The number of rotatable bonds is 5. The molecule has 3 heterocycles. The second-order valence-electron chi connectivity index (χ2n) is 9.20. The van der Waals surface area contributed by atoms with Crippen LogP contribution < -0.4 is 10.2 Å². The third kappa shape index (κ3) is 4.09. The Morgan fingerprint density at radius 2 is 1.74 bits per heavy atom. The molecule has 0 aliphatic carbocycles. The van der Waals surface area contributed by atoms with Crippen LogP contribution >= 0.6 is 0 Å². The van der Waals surface area contributed by atoms with E-state index in [2.05, 4.69) is 20.4 Å². The Balaban J connectivity index is 1.54. The molecule has 0 amide bonds. The molecule has 1 aliphatic rings. The molecule has 0 bridgehead atoms. The molecule has 0 saturated carbocycles. The van der Waals surface area contributed by atoms with Gasteiger partial charge >= 0.3 is 0 Å². The molecule has 35 heavy (non-hydrogen) atoms. The van der Waals surface area contributed by atoms with Gasteiger partial charge in [-0.2, -0.15) is 5.10 Å². The fourth-order valence-electron chi connectivity index (χ4n) is 4.51. The Morgan fingerprint density at radius 3 is 2.40 bits per heavy atom. The first-order valence-corrected chi connectivity index (χ1v) is 11.1. The van der Waals surface area contributed by atoms with Crippen molar-refractivity contribution in [3.8, 4) is 5.69 Å². The number of benzene rings is 2. The first-order chi connectivity index (χ1) is 16.7. The quantitative estimate of drug-likeness (QED) is 0.442. The van der Waals surface area contributed by atoms with Gasteiger partial charge in [0, 0.05) is 37.1 Å². The highest BCUT2D eigenvalue weighted by Gasteiger charge is 2.41. The maximum atomic E-state index is 14.9. The molecule has 5 rings (SSSR count). The lowest BCUT2D eigenvalue weighted by molar-refractivity contribution is 0.557. The molecule has 10 heteroatoms. The number of nitrogens with one attached hydrogen (secondary N) is 1. The number of nitrogens with zero attached hydrogens (tertiary/aromatic N) is 6. The van der Waals surface area contributed by atoms with Gasteiger partial charge in [-0.1, -0.05) is 19.9 Å². The van der Waals surface area contributed by atoms with Crippen molar-refractivity contribution in [1.29, 1.82) is 0 Å². The molecule has 1 aliphatic heterocycles. The van der Waals surface area contributed by atoms with E-state index in [0.717, 1.165) is 11.6 Å². The van der Waals surface area contributed by atoms with E-state index in [1.54, 1.807) is 31.0 Å². The summed E-state index contributed by atoms with van der Waals surface area (Å²) in [4.78, 5) is 15.2. The van der Waals surface area contributed by atoms with Crippen molar-refractivity contribution < 1.29 is 13.2 Å². The highest BCUT2D eigenvalue weighted by atomic mass is 19.1. The van der Waals surface area contributed by atoms with E-state index in [1.165, 1.54) is 29.2 Å². The van der Waals surface area contributed by atoms with Crippen molar-refractivity contribution in [2.45, 2.75) is 32.6 Å². The lowest BCUT2D eigenvalue weighted by atomic mass is 9.88. The third-order valence-corrected chi connectivity index (χ3v) is 6.09. The summed E-state index contributed by atoms with van der Waals surface area (Å²) in [7, 11) is 1.76. The summed E-state index contributed by atoms with van der Waals surface area (Å²) in [6, 6.07) is 8.34. The highest BCUT2D eigenvalue weighted by molar-refractivity contribution is 5.74. The Kier molecular flexibility index (Phi) is 5.46. The maximum Gasteiger partial charge on any atom is 0.149 e. The normalized spacial score (nSPS) is 14.3. The molecule has 0 radical (unpaired) electrons. The van der Waals surface area contributed by atoms with Crippen molar-refractivity contribution >= 4 is 17.3 Å². The van der Waals surface area contributed by atoms with Gasteiger partial charge in [-0.05, 0) is 36.8 Å². The smallest absolute Gasteiger partial charge is 0.149 e. The summed E-state index contributed by atoms with van der Waals surface area (Å²) in [5, 5.41) is 7.28. The Labute approximate surface area is 200 Å². The van der Waals surface area contributed by atoms with Crippen LogP contribution in [0.4, 0.5) is 30.5 Å². The molecule has 2 aromatic heterocycles. The van der Waals surface area contributed by atoms with Gasteiger partial charge in [0.2, 0.25) is 0 Å². The minimum Gasteiger partial charge on any atom is -0.373 e. The van der Waals surface area contributed by atoms with Crippen molar-refractivity contribution in [2.75, 3.05) is 23.8 Å². The van der Waals surface area contributed by atoms with E-state index < -0.39 is 22.9 Å². The van der Waals surface area contributed by atoms with Crippen LogP contribution in [0, 0.1) is 24.4 Å². The van der Waals surface area contributed by atoms with Crippen LogP contribution in [0.3, 0.4) is 0 Å². The van der Waals surface area contributed by atoms with E-state index in [4.69, 9.17) is 4.98 Å². The molecule has 0 unspecified atom stereocenters. The lowest BCUT2D eigenvalue weighted by Gasteiger charge is -2.22. The fourth-order valence-corrected chi connectivity index (χ4v) is 4.51. The van der Waals surface area contributed by atoms with Gasteiger partial charge < -0.3 is 10.2 Å². The summed E-state index contributed by atoms with van der Waals surface area (Å²) >= 11 is 0. The van der Waals surface area contributed by atoms with Gasteiger partial charge in [-0.15, -0.1) is 0 Å². The van der Waals surface area contributed by atoms with Crippen LogP contribution in [0.1, 0.15) is 36.6 Å². The predicted octanol–water partition coefficient (Wildman–Crippen LogP) is 4.84. The zero-order valence-electron chi connectivity index (χ0n) is 19.8. The minimum atomic E-state index is -0.666. The first-order valence-electron chi connectivity index (χ1n) is 11.1. The SMILES string of the molecule is CNc1nc(Cc2ccc(-n3cnc(C)n3)c(F)c2)nc2c1C(C)(C)CN2c1ccc(F)cc1F. The first kappa shape index (κ1) is 22.8. The number of halogens is 3. The van der Waals surface area contributed by atoms with E-state index in [0.29, 0.717) is 41.1 Å². The molecule has 180 valence electrons. The zero-order chi connectivity index (χ0) is 24.9. The number of hydrogen-bond acceptors (Lipinski definition) is 6. The van der Waals surface area contributed by atoms with Crippen molar-refractivity contribution in [2.24, 2.45) is 0 Å². The molecule has 0 spiro atoms. The maximum absolute atomic E-state index is 14.9. The van der Waals surface area contributed by atoms with Crippen molar-refractivity contribution in [1.82, 2.24) is 24.7 Å². The number of hydrogen-bond donors (Lipinski definition) is 1. The van der Waals surface area contributed by atoms with Gasteiger partial charge in [0.15, 0.2) is 0 Å². The topological polar surface area (TPSA) is 71.8 Å². The molecule has 2 aromatic carbocycles. The van der Waals surface area contributed by atoms with Gasteiger partial charge in [0.05, 0.1) is 5.69 Å². The molecule has 4 aromatic rings. The Bertz CT molecular complexity index is 1430. The Hall–Kier alpha value is -3.95. The number of aromatic nitrogens is 5. The van der Waals surface area contributed by atoms with Gasteiger partial charge in [-0.25, -0.2) is 32.8 Å². The van der Waals surface area contributed by atoms with Gasteiger partial charge in [0.25, 0.3) is 0 Å². The van der Waals surface area contributed by atoms with Crippen LogP contribution in [0.15, 0.2) is 42.7 Å². The minimum absolute atomic E-state index is 0.239. The predicted molar refractivity (Wildman–Crippen MR) is 127 cm³/mol. The second-order valence-corrected chi connectivity index (χ2v) is 9.20. The number of fused-ring (bicyclic) bond motifs is 1. The molecule has 0 atom stereocenters. The molecule has 7 nitrogen and oxygen atoms in total. The monoisotopic (exact) mass is 479 g/mol. The summed E-state index contributed by atoms with van der Waals surface area (Å²) < 4.78 is 44.5. The van der Waals surface area contributed by atoms with Gasteiger partial charge in [-0.3, -0.25) is 0 Å². The third-order valence-electron chi connectivity index (χ3n) is 6.09. The lowest BCUT2D eigenvalue weighted by Crippen LogP contribution is -2.26. The van der Waals surface area contributed by atoms with Crippen LogP contribution in [0.25, 0.3) is 5.69 Å². The molecule has 1 N–H and O–H groups in total. The van der Waals surface area contributed by atoms with Gasteiger partial charge in [0.1, 0.15) is 52.8 Å². The standard InChI is InChI=1S/C25H24F3N7/c1-14-30-13-35(33-14)20-7-5-15(9-17(20)27)10-21-31-23(29-4)22-24(32-21)34(12-25(22,2)3)19-8-6-16(26)11-18(19)28/h5-9,11,13H,10,12H2,1-4H3,(H,29,31,32). The zero-order valence-corrected chi connectivity index (χ0v) is 19.8. The summed E-state index contributed by atoms with van der Waals surface area (Å²) in [6.07, 6.45) is 1.72. The highest BCUT2D eigenvalue weighted by Crippen LogP contribution is 2.46. The second kappa shape index (κ2) is 8.37. The van der Waals surface area contributed by atoms with Crippen LogP contribution in [0.2, 0.25) is 0 Å². The number of aryl methyl sites for hydroxylation is 1. The van der Waals surface area contributed by atoms with Crippen LogP contribution in [-0.4, -0.2) is 38.3 Å². The molecular weight excluding hydrogens is 455 g/mol. The fraction of sp³-hybridized carbons (Fsp3) is 0.280. The average Bonchev–Trinajstić information content (AvgIpc) is 3.34. The molecule has 0 saturated heterocycles. The van der Waals surface area contributed by atoms with Crippen molar-refractivity contribution in [3.63, 3.8) is 0 Å². The van der Waals surface area contributed by atoms with Crippen molar-refractivity contribution in [3.05, 3.63) is 83.0 Å². The molecule has 0 fully saturated rings. The molecular formula is C25H24F3N7. The summed E-state index contributed by atoms with van der Waals surface area (Å²) in [5.41, 5.74) is 1.65. The van der Waals surface area contributed by atoms with E-state index >= 15 is 0 Å². The summed E-state index contributed by atoms with van der Waals surface area (Å²) in [6.45, 7) is 6.22. The average molecular weight is 480 g/mol. The van der Waals surface area contributed by atoms with Crippen LogP contribution in [-0.2, 0) is 11.8 Å². The van der Waals surface area contributed by atoms with E-state index in [-0.39, 0.29) is 12.1 Å². The van der Waals surface area contributed by atoms with E-state index in [9.17, 15) is 13.2 Å². The number of anilines is 3.